The SMILES string of the molecule is O=c1[nH]c2c(S(=O)(=O)c3cc(F)c4ccn([C@H]5C[C@H](F)C5)c4c3)ccc(Cl)c2c(=O)n1O. The molecule has 1 aliphatic rings. The second kappa shape index (κ2) is 6.91. The van der Waals surface area contributed by atoms with E-state index < -0.39 is 53.8 Å². The lowest BCUT2D eigenvalue weighted by atomic mass is 9.90. The molecule has 0 saturated heterocycles. The molecule has 2 aromatic heterocycles. The van der Waals surface area contributed by atoms with Crippen LogP contribution in [0.3, 0.4) is 0 Å². The number of aromatic amines is 1. The van der Waals surface area contributed by atoms with Crippen LogP contribution in [0.4, 0.5) is 8.78 Å². The number of nitrogens with one attached hydrogen (secondary N) is 1. The summed E-state index contributed by atoms with van der Waals surface area (Å²) in [6, 6.07) is 5.60. The minimum absolute atomic E-state index is 0.184. The zero-order valence-corrected chi connectivity index (χ0v) is 17.6. The van der Waals surface area contributed by atoms with Crippen molar-refractivity contribution in [1.82, 2.24) is 14.3 Å². The summed E-state index contributed by atoms with van der Waals surface area (Å²) in [7, 11) is -4.45. The van der Waals surface area contributed by atoms with Crippen molar-refractivity contribution in [2.45, 2.75) is 34.8 Å². The van der Waals surface area contributed by atoms with E-state index >= 15 is 0 Å². The fourth-order valence-electron chi connectivity index (χ4n) is 4.02. The Hall–Kier alpha value is -3.18. The summed E-state index contributed by atoms with van der Waals surface area (Å²) in [4.78, 5) is 25.4. The average Bonchev–Trinajstić information content (AvgIpc) is 3.13. The van der Waals surface area contributed by atoms with Gasteiger partial charge in [-0.05, 0) is 43.2 Å². The molecule has 0 atom stereocenters. The zero-order valence-electron chi connectivity index (χ0n) is 16.0. The maximum absolute atomic E-state index is 14.8. The number of halogens is 3. The van der Waals surface area contributed by atoms with Gasteiger partial charge in [-0.25, -0.2) is 22.0 Å². The van der Waals surface area contributed by atoms with Crippen LogP contribution in [-0.4, -0.2) is 34.1 Å². The van der Waals surface area contributed by atoms with E-state index in [2.05, 4.69) is 4.98 Å². The number of hydrogen-bond acceptors (Lipinski definition) is 5. The molecule has 166 valence electrons. The molecule has 2 heterocycles. The number of rotatable bonds is 3. The highest BCUT2D eigenvalue weighted by Gasteiger charge is 2.32. The fourth-order valence-corrected chi connectivity index (χ4v) is 5.70. The van der Waals surface area contributed by atoms with E-state index in [1.165, 1.54) is 12.1 Å². The largest absolute Gasteiger partial charge is 0.421 e. The Morgan fingerprint density at radius 1 is 1.16 bits per heavy atom. The van der Waals surface area contributed by atoms with Crippen molar-refractivity contribution in [1.29, 1.82) is 0 Å². The summed E-state index contributed by atoms with van der Waals surface area (Å²) in [5.74, 6) is -0.791. The van der Waals surface area contributed by atoms with Gasteiger partial charge in [-0.3, -0.25) is 4.79 Å². The van der Waals surface area contributed by atoms with Gasteiger partial charge in [-0.15, -0.1) is 0 Å². The van der Waals surface area contributed by atoms with Crippen molar-refractivity contribution in [3.05, 3.63) is 68.2 Å². The molecule has 0 radical (unpaired) electrons. The minimum atomic E-state index is -4.45. The Morgan fingerprint density at radius 2 is 1.88 bits per heavy atom. The summed E-state index contributed by atoms with van der Waals surface area (Å²) in [6.07, 6.45) is 1.12. The first-order chi connectivity index (χ1) is 15.1. The third kappa shape index (κ3) is 2.88. The lowest BCUT2D eigenvalue weighted by Crippen LogP contribution is -2.33. The molecule has 32 heavy (non-hydrogen) atoms. The molecule has 0 unspecified atom stereocenters. The van der Waals surface area contributed by atoms with Gasteiger partial charge in [0, 0.05) is 17.6 Å². The number of benzene rings is 2. The third-order valence-corrected chi connectivity index (χ3v) is 7.85. The molecule has 1 aliphatic carbocycles. The standard InChI is InChI=1S/C20H14ClF2N3O5S/c21-13-1-2-16(18-17(13)19(27)26(29)20(28)24-18)32(30,31)11-7-14(23)12-3-4-25(15(12)8-11)10-5-9(22)6-10/h1-4,7-10,29H,5-6H2,(H,24,28)/t9-,10-. The van der Waals surface area contributed by atoms with Crippen LogP contribution in [0.2, 0.25) is 5.02 Å². The lowest BCUT2D eigenvalue weighted by molar-refractivity contribution is 0.140. The van der Waals surface area contributed by atoms with Crippen LogP contribution in [0.5, 0.6) is 0 Å². The van der Waals surface area contributed by atoms with Gasteiger partial charge in [-0.1, -0.05) is 16.3 Å². The first-order valence-electron chi connectivity index (χ1n) is 9.45. The van der Waals surface area contributed by atoms with Crippen LogP contribution in [-0.2, 0) is 9.84 Å². The molecular weight excluding hydrogens is 468 g/mol. The quantitative estimate of drug-likeness (QED) is 0.436. The molecule has 8 nitrogen and oxygen atoms in total. The summed E-state index contributed by atoms with van der Waals surface area (Å²) >= 11 is 6.00. The van der Waals surface area contributed by atoms with Gasteiger partial charge in [0.1, 0.15) is 12.0 Å². The molecular formula is C20H14ClF2N3O5S. The van der Waals surface area contributed by atoms with Crippen LogP contribution >= 0.6 is 11.6 Å². The number of alkyl halides is 1. The van der Waals surface area contributed by atoms with Crippen LogP contribution in [0, 0.1) is 5.82 Å². The Morgan fingerprint density at radius 3 is 2.56 bits per heavy atom. The second-order valence-electron chi connectivity index (χ2n) is 7.63. The van der Waals surface area contributed by atoms with Gasteiger partial charge in [0.2, 0.25) is 9.84 Å². The van der Waals surface area contributed by atoms with E-state index in [9.17, 15) is 32.0 Å². The van der Waals surface area contributed by atoms with E-state index in [-0.39, 0.29) is 39.5 Å². The highest BCUT2D eigenvalue weighted by Crippen LogP contribution is 2.39. The van der Waals surface area contributed by atoms with Gasteiger partial charge in [0.25, 0.3) is 5.56 Å². The number of H-pyrrole nitrogens is 1. The van der Waals surface area contributed by atoms with E-state index in [0.717, 1.165) is 18.2 Å². The molecule has 0 amide bonds. The Balaban J connectivity index is 1.76. The van der Waals surface area contributed by atoms with E-state index in [1.54, 1.807) is 10.8 Å². The first kappa shape index (κ1) is 20.7. The maximum atomic E-state index is 14.8. The molecule has 5 rings (SSSR count). The molecule has 0 spiro atoms. The number of fused-ring (bicyclic) bond motifs is 2. The average molecular weight is 482 g/mol. The van der Waals surface area contributed by atoms with Gasteiger partial charge in [-0.2, -0.15) is 0 Å². The molecule has 1 saturated carbocycles. The van der Waals surface area contributed by atoms with E-state index in [0.29, 0.717) is 0 Å². The van der Waals surface area contributed by atoms with Gasteiger partial charge in [0.15, 0.2) is 0 Å². The monoisotopic (exact) mass is 481 g/mol. The lowest BCUT2D eigenvalue weighted by Gasteiger charge is -2.31. The summed E-state index contributed by atoms with van der Waals surface area (Å²) in [5, 5.41) is 9.15. The number of hydrogen-bond donors (Lipinski definition) is 2. The van der Waals surface area contributed by atoms with Crippen molar-refractivity contribution >= 4 is 43.2 Å². The fraction of sp³-hybridized carbons (Fsp3) is 0.200. The third-order valence-electron chi connectivity index (χ3n) is 5.76. The first-order valence-corrected chi connectivity index (χ1v) is 11.3. The smallest absolute Gasteiger partial charge is 0.362 e. The normalized spacial score (nSPS) is 18.8. The molecule has 2 N–H and O–H groups in total. The van der Waals surface area contributed by atoms with Crippen LogP contribution in [0.15, 0.2) is 55.9 Å². The Kier molecular flexibility index (Phi) is 4.47. The van der Waals surface area contributed by atoms with Crippen molar-refractivity contribution in [3.63, 3.8) is 0 Å². The molecule has 0 bridgehead atoms. The molecule has 4 aromatic rings. The Labute approximate surface area is 183 Å². The van der Waals surface area contributed by atoms with Crippen LogP contribution in [0.25, 0.3) is 21.8 Å². The molecule has 1 fully saturated rings. The molecule has 12 heteroatoms. The van der Waals surface area contributed by atoms with Crippen molar-refractivity contribution < 1.29 is 22.4 Å². The second-order valence-corrected chi connectivity index (χ2v) is 9.95. The highest BCUT2D eigenvalue weighted by atomic mass is 35.5. The summed E-state index contributed by atoms with van der Waals surface area (Å²) in [5.41, 5.74) is -2.59. The van der Waals surface area contributed by atoms with Crippen molar-refractivity contribution in [2.24, 2.45) is 0 Å². The van der Waals surface area contributed by atoms with Crippen molar-refractivity contribution in [2.75, 3.05) is 0 Å². The number of nitrogens with zero attached hydrogens (tertiary/aromatic N) is 2. The Bertz CT molecular complexity index is 1650. The topological polar surface area (TPSA) is 114 Å². The predicted octanol–water partition coefficient (Wildman–Crippen LogP) is 3.18. The van der Waals surface area contributed by atoms with Crippen molar-refractivity contribution in [3.8, 4) is 0 Å². The number of sulfone groups is 1. The highest BCUT2D eigenvalue weighted by molar-refractivity contribution is 7.91. The predicted molar refractivity (Wildman–Crippen MR) is 112 cm³/mol. The molecule has 0 aliphatic heterocycles. The van der Waals surface area contributed by atoms with E-state index in [1.807, 2.05) is 0 Å². The summed E-state index contributed by atoms with van der Waals surface area (Å²) < 4.78 is 56.4. The van der Waals surface area contributed by atoms with Crippen LogP contribution in [0.1, 0.15) is 18.9 Å². The minimum Gasteiger partial charge on any atom is -0.421 e. The number of aromatic nitrogens is 3. The van der Waals surface area contributed by atoms with E-state index in [4.69, 9.17) is 11.6 Å². The summed E-state index contributed by atoms with van der Waals surface area (Å²) in [6.45, 7) is 0. The van der Waals surface area contributed by atoms with Gasteiger partial charge < -0.3 is 14.8 Å². The molecule has 2 aromatic carbocycles. The maximum Gasteiger partial charge on any atom is 0.362 e. The van der Waals surface area contributed by atoms with Gasteiger partial charge >= 0.3 is 5.69 Å². The van der Waals surface area contributed by atoms with Gasteiger partial charge in [0.05, 0.1) is 31.2 Å². The zero-order chi connectivity index (χ0) is 22.9. The van der Waals surface area contributed by atoms with Crippen LogP contribution < -0.4 is 11.2 Å².